The van der Waals surface area contributed by atoms with Crippen molar-refractivity contribution in [1.82, 2.24) is 4.31 Å². The number of hydrogen-bond acceptors (Lipinski definition) is 4. The second kappa shape index (κ2) is 9.37. The average Bonchev–Trinajstić information content (AvgIpc) is 2.68. The molecule has 1 aromatic rings. The summed E-state index contributed by atoms with van der Waals surface area (Å²) < 4.78 is 32.8. The maximum Gasteiger partial charge on any atom is 0.250 e. The summed E-state index contributed by atoms with van der Waals surface area (Å²) in [7, 11) is -3.47. The van der Waals surface area contributed by atoms with E-state index in [1.807, 2.05) is 0 Å². The molecule has 2 unspecified atom stereocenters. The number of hydrogen-bond donors (Lipinski definition) is 1. The van der Waals surface area contributed by atoms with E-state index in [4.69, 9.17) is 4.74 Å². The number of ether oxygens (including phenoxy) is 1. The van der Waals surface area contributed by atoms with Crippen LogP contribution in [-0.4, -0.2) is 44.4 Å². The van der Waals surface area contributed by atoms with Crippen LogP contribution in [0.25, 0.3) is 0 Å². The number of anilines is 1. The van der Waals surface area contributed by atoms with E-state index in [0.717, 1.165) is 32.1 Å². The molecule has 1 N–H and O–H groups in total. The Morgan fingerprint density at radius 2 is 1.71 bits per heavy atom. The lowest BCUT2D eigenvalue weighted by Gasteiger charge is -2.29. The highest BCUT2D eigenvalue weighted by atomic mass is 32.2. The lowest BCUT2D eigenvalue weighted by atomic mass is 9.88. The van der Waals surface area contributed by atoms with Crippen molar-refractivity contribution in [3.63, 3.8) is 0 Å². The molecule has 1 saturated carbocycles. The Bertz CT molecular complexity index is 755. The molecular weight excluding hydrogens is 376 g/mol. The Balaban J connectivity index is 1.53. The number of piperidine rings is 1. The molecule has 156 valence electrons. The first-order valence-corrected chi connectivity index (χ1v) is 11.8. The summed E-state index contributed by atoms with van der Waals surface area (Å²) in [5.74, 6) is 0.852. The van der Waals surface area contributed by atoms with Crippen LogP contribution in [0.4, 0.5) is 5.69 Å². The summed E-state index contributed by atoms with van der Waals surface area (Å²) >= 11 is 0. The molecule has 1 aromatic carbocycles. The van der Waals surface area contributed by atoms with Crippen molar-refractivity contribution >= 4 is 21.6 Å². The van der Waals surface area contributed by atoms with Gasteiger partial charge in [-0.05, 0) is 61.8 Å². The summed E-state index contributed by atoms with van der Waals surface area (Å²) in [4.78, 5) is 12.4. The Labute approximate surface area is 168 Å². The highest BCUT2D eigenvalue weighted by molar-refractivity contribution is 7.89. The number of amides is 1. The molecule has 1 amide bonds. The lowest BCUT2D eigenvalue weighted by molar-refractivity contribution is -0.124. The minimum atomic E-state index is -3.47. The van der Waals surface area contributed by atoms with Crippen LogP contribution >= 0.6 is 0 Å². The summed E-state index contributed by atoms with van der Waals surface area (Å²) in [6, 6.07) is 6.40. The van der Waals surface area contributed by atoms with Crippen LogP contribution in [0.15, 0.2) is 29.2 Å². The molecule has 1 saturated heterocycles. The van der Waals surface area contributed by atoms with Gasteiger partial charge in [-0.2, -0.15) is 4.31 Å². The molecule has 1 heterocycles. The van der Waals surface area contributed by atoms with Gasteiger partial charge in [-0.25, -0.2) is 8.42 Å². The Morgan fingerprint density at radius 3 is 2.36 bits per heavy atom. The first-order valence-electron chi connectivity index (χ1n) is 10.4. The lowest BCUT2D eigenvalue weighted by Crippen LogP contribution is -2.37. The summed E-state index contributed by atoms with van der Waals surface area (Å²) in [6.07, 6.45) is 6.50. The second-order valence-electron chi connectivity index (χ2n) is 8.27. The molecule has 1 aliphatic heterocycles. The van der Waals surface area contributed by atoms with Gasteiger partial charge in [0, 0.05) is 18.8 Å². The third-order valence-electron chi connectivity index (χ3n) is 5.98. The number of sulfonamides is 1. The molecule has 0 bridgehead atoms. The highest BCUT2D eigenvalue weighted by Crippen LogP contribution is 2.26. The summed E-state index contributed by atoms with van der Waals surface area (Å²) in [6.45, 7) is 5.49. The number of rotatable bonds is 6. The van der Waals surface area contributed by atoms with Crippen molar-refractivity contribution in [1.29, 1.82) is 0 Å². The SMILES string of the molecule is CC1CCN(S(=O)(=O)c2ccc(NC(=O)COC3CCCCC3C)cc2)CC1. The number of nitrogens with one attached hydrogen (secondary N) is 1. The van der Waals surface area contributed by atoms with Crippen molar-refractivity contribution in [2.45, 2.75) is 63.4 Å². The van der Waals surface area contributed by atoms with Gasteiger partial charge in [-0.1, -0.05) is 26.7 Å². The number of carbonyl (C=O) groups is 1. The predicted octanol–water partition coefficient (Wildman–Crippen LogP) is 3.64. The molecule has 0 spiro atoms. The van der Waals surface area contributed by atoms with Crippen molar-refractivity contribution in [3.05, 3.63) is 24.3 Å². The fourth-order valence-electron chi connectivity index (χ4n) is 3.99. The maximum absolute atomic E-state index is 12.8. The van der Waals surface area contributed by atoms with Crippen molar-refractivity contribution < 1.29 is 17.9 Å². The van der Waals surface area contributed by atoms with Crippen molar-refractivity contribution in [3.8, 4) is 0 Å². The monoisotopic (exact) mass is 408 g/mol. The molecule has 2 atom stereocenters. The van der Waals surface area contributed by atoms with Crippen LogP contribution in [0.3, 0.4) is 0 Å². The molecule has 7 heteroatoms. The fourth-order valence-corrected chi connectivity index (χ4v) is 5.46. The first-order chi connectivity index (χ1) is 13.4. The van der Waals surface area contributed by atoms with E-state index in [2.05, 4.69) is 19.2 Å². The first kappa shape index (κ1) is 21.3. The zero-order valence-electron chi connectivity index (χ0n) is 16.9. The van der Waals surface area contributed by atoms with Crippen LogP contribution in [0.1, 0.15) is 52.4 Å². The minimum Gasteiger partial charge on any atom is -0.368 e. The Morgan fingerprint density at radius 1 is 1.07 bits per heavy atom. The third-order valence-corrected chi connectivity index (χ3v) is 7.89. The van der Waals surface area contributed by atoms with E-state index in [9.17, 15) is 13.2 Å². The largest absolute Gasteiger partial charge is 0.368 e. The average molecular weight is 409 g/mol. The maximum atomic E-state index is 12.8. The topological polar surface area (TPSA) is 75.7 Å². The van der Waals surface area contributed by atoms with Gasteiger partial charge in [0.1, 0.15) is 6.61 Å². The normalized spacial score (nSPS) is 24.8. The predicted molar refractivity (Wildman–Crippen MR) is 110 cm³/mol. The summed E-state index contributed by atoms with van der Waals surface area (Å²) in [5, 5.41) is 2.79. The zero-order chi connectivity index (χ0) is 20.1. The van der Waals surface area contributed by atoms with E-state index in [-0.39, 0.29) is 23.5 Å². The molecule has 28 heavy (non-hydrogen) atoms. The van der Waals surface area contributed by atoms with Gasteiger partial charge in [0.05, 0.1) is 11.0 Å². The molecule has 0 aromatic heterocycles. The fraction of sp³-hybridized carbons (Fsp3) is 0.667. The molecule has 6 nitrogen and oxygen atoms in total. The Hall–Kier alpha value is -1.44. The smallest absolute Gasteiger partial charge is 0.250 e. The Kier molecular flexibility index (Phi) is 7.12. The minimum absolute atomic E-state index is 0.0288. The number of nitrogens with zero attached hydrogens (tertiary/aromatic N) is 1. The highest BCUT2D eigenvalue weighted by Gasteiger charge is 2.28. The van der Waals surface area contributed by atoms with Crippen LogP contribution in [0, 0.1) is 11.8 Å². The number of benzene rings is 1. The van der Waals surface area contributed by atoms with Crippen LogP contribution in [0.5, 0.6) is 0 Å². The molecule has 2 fully saturated rings. The quantitative estimate of drug-likeness (QED) is 0.780. The number of carbonyl (C=O) groups excluding carboxylic acids is 1. The van der Waals surface area contributed by atoms with Gasteiger partial charge < -0.3 is 10.1 Å². The van der Waals surface area contributed by atoms with E-state index in [1.165, 1.54) is 6.42 Å². The summed E-state index contributed by atoms with van der Waals surface area (Å²) in [5.41, 5.74) is 0.580. The van der Waals surface area contributed by atoms with Crippen LogP contribution in [-0.2, 0) is 19.6 Å². The molecule has 2 aliphatic rings. The zero-order valence-corrected chi connectivity index (χ0v) is 17.7. The van der Waals surface area contributed by atoms with Gasteiger partial charge >= 0.3 is 0 Å². The van der Waals surface area contributed by atoms with Crippen LogP contribution in [0.2, 0.25) is 0 Å². The molecule has 0 radical (unpaired) electrons. The molecule has 1 aliphatic carbocycles. The standard InChI is InChI=1S/C21H32N2O4S/c1-16-11-13-23(14-12-16)28(25,26)19-9-7-18(8-10-19)22-21(24)15-27-20-6-4-3-5-17(20)2/h7-10,16-17,20H,3-6,11-15H2,1-2H3,(H,22,24). The molecular formula is C21H32N2O4S. The van der Waals surface area contributed by atoms with E-state index < -0.39 is 10.0 Å². The van der Waals surface area contributed by atoms with Gasteiger partial charge in [0.15, 0.2) is 0 Å². The van der Waals surface area contributed by atoms with Gasteiger partial charge in [-0.3, -0.25) is 4.79 Å². The van der Waals surface area contributed by atoms with E-state index in [0.29, 0.717) is 30.6 Å². The van der Waals surface area contributed by atoms with E-state index >= 15 is 0 Å². The van der Waals surface area contributed by atoms with Crippen LogP contribution < -0.4 is 5.32 Å². The van der Waals surface area contributed by atoms with Gasteiger partial charge in [0.2, 0.25) is 15.9 Å². The molecule has 3 rings (SSSR count). The van der Waals surface area contributed by atoms with Gasteiger partial charge in [-0.15, -0.1) is 0 Å². The second-order valence-corrected chi connectivity index (χ2v) is 10.2. The van der Waals surface area contributed by atoms with Gasteiger partial charge in [0.25, 0.3) is 0 Å². The van der Waals surface area contributed by atoms with Crippen molar-refractivity contribution in [2.75, 3.05) is 25.0 Å². The van der Waals surface area contributed by atoms with Crippen molar-refractivity contribution in [2.24, 2.45) is 11.8 Å². The van der Waals surface area contributed by atoms with E-state index in [1.54, 1.807) is 28.6 Å². The third kappa shape index (κ3) is 5.33.